The average Bonchev–Trinajstić information content (AvgIpc) is 2.73. The van der Waals surface area contributed by atoms with Gasteiger partial charge in [0, 0.05) is 6.54 Å². The lowest BCUT2D eigenvalue weighted by Crippen LogP contribution is -2.54. The van der Waals surface area contributed by atoms with Crippen molar-refractivity contribution in [2.75, 3.05) is 19.6 Å². The van der Waals surface area contributed by atoms with Gasteiger partial charge in [0.1, 0.15) is 12.1 Å². The normalized spacial score (nSPS) is 13.2. The molecule has 0 saturated carbocycles. The minimum Gasteiger partial charge on any atom is -0.481 e. The summed E-state index contributed by atoms with van der Waals surface area (Å²) in [6.07, 6.45) is 0.964. The Kier molecular flexibility index (Phi) is 14.5. The van der Waals surface area contributed by atoms with Crippen LogP contribution in [0.15, 0.2) is 0 Å². The highest BCUT2D eigenvalue weighted by atomic mass is 16.4. The third-order valence-corrected chi connectivity index (χ3v) is 4.36. The number of carbonyl (C=O) groups is 5. The van der Waals surface area contributed by atoms with Crippen LogP contribution in [0.4, 0.5) is 0 Å². The van der Waals surface area contributed by atoms with E-state index in [4.69, 9.17) is 27.7 Å². The minimum absolute atomic E-state index is 0.0852. The van der Waals surface area contributed by atoms with Crippen LogP contribution in [0.1, 0.15) is 38.5 Å². The molecule has 0 aromatic rings. The largest absolute Gasteiger partial charge is 0.481 e. The van der Waals surface area contributed by atoms with E-state index < -0.39 is 60.8 Å². The Hall–Kier alpha value is -3.46. The maximum absolute atomic E-state index is 12.4. The zero-order chi connectivity index (χ0) is 25.4. The third kappa shape index (κ3) is 14.3. The van der Waals surface area contributed by atoms with Gasteiger partial charge in [-0.3, -0.25) is 24.6 Å². The Bertz CT molecular complexity index is 703. The lowest BCUT2D eigenvalue weighted by atomic mass is 10.1. The summed E-state index contributed by atoms with van der Waals surface area (Å²) in [6.45, 7) is 0.121. The molecule has 0 heterocycles. The Morgan fingerprint density at radius 3 is 2.09 bits per heavy atom. The summed E-state index contributed by atoms with van der Waals surface area (Å²) in [7, 11) is 0. The highest BCUT2D eigenvalue weighted by molar-refractivity contribution is 5.94. The van der Waals surface area contributed by atoms with E-state index >= 15 is 0 Å². The van der Waals surface area contributed by atoms with Crippen molar-refractivity contribution in [1.82, 2.24) is 21.3 Å². The fourth-order valence-electron chi connectivity index (χ4n) is 2.63. The van der Waals surface area contributed by atoms with Gasteiger partial charge in [0.2, 0.25) is 17.7 Å². The Balaban J connectivity index is 4.74. The number of rotatable bonds is 17. The topological polar surface area (TPSA) is 276 Å². The van der Waals surface area contributed by atoms with Gasteiger partial charge in [0.15, 0.2) is 5.96 Å². The van der Waals surface area contributed by atoms with Crippen LogP contribution in [-0.2, 0) is 24.0 Å². The summed E-state index contributed by atoms with van der Waals surface area (Å²) in [5, 5.41) is 34.5. The lowest BCUT2D eigenvalue weighted by molar-refractivity contribution is -0.143. The molecule has 0 radical (unpaired) electrons. The molecule has 188 valence electrons. The Labute approximate surface area is 190 Å². The second kappa shape index (κ2) is 16.2. The first-order chi connectivity index (χ1) is 15.5. The van der Waals surface area contributed by atoms with E-state index in [0.29, 0.717) is 32.4 Å². The summed E-state index contributed by atoms with van der Waals surface area (Å²) < 4.78 is 0. The van der Waals surface area contributed by atoms with E-state index in [2.05, 4.69) is 21.3 Å². The van der Waals surface area contributed by atoms with Crippen molar-refractivity contribution in [2.24, 2.45) is 17.2 Å². The lowest BCUT2D eigenvalue weighted by Gasteiger charge is -2.20. The number of aliphatic carboxylic acids is 2. The molecular formula is C18H34N8O7. The van der Waals surface area contributed by atoms with E-state index in [-0.39, 0.29) is 18.8 Å². The number of unbranched alkanes of at least 4 members (excludes halogenated alkanes) is 1. The van der Waals surface area contributed by atoms with Gasteiger partial charge >= 0.3 is 11.9 Å². The van der Waals surface area contributed by atoms with E-state index in [1.807, 2.05) is 0 Å². The van der Waals surface area contributed by atoms with Gasteiger partial charge in [0.25, 0.3) is 0 Å². The van der Waals surface area contributed by atoms with Crippen LogP contribution in [0.5, 0.6) is 0 Å². The highest BCUT2D eigenvalue weighted by Gasteiger charge is 2.28. The van der Waals surface area contributed by atoms with Crippen molar-refractivity contribution in [1.29, 1.82) is 5.41 Å². The van der Waals surface area contributed by atoms with Crippen LogP contribution in [-0.4, -0.2) is 83.6 Å². The molecule has 13 N–H and O–H groups in total. The number of nitrogens with two attached hydrogens (primary N) is 3. The molecule has 0 unspecified atom stereocenters. The van der Waals surface area contributed by atoms with Gasteiger partial charge in [-0.05, 0) is 38.6 Å². The van der Waals surface area contributed by atoms with Crippen LogP contribution in [0.25, 0.3) is 0 Å². The van der Waals surface area contributed by atoms with Crippen molar-refractivity contribution < 1.29 is 34.2 Å². The zero-order valence-electron chi connectivity index (χ0n) is 18.3. The monoisotopic (exact) mass is 474 g/mol. The second-order valence-electron chi connectivity index (χ2n) is 7.21. The molecule has 3 atom stereocenters. The van der Waals surface area contributed by atoms with E-state index in [1.165, 1.54) is 0 Å². The first-order valence-corrected chi connectivity index (χ1v) is 10.3. The van der Waals surface area contributed by atoms with Gasteiger partial charge in [-0.15, -0.1) is 0 Å². The molecule has 3 amide bonds. The first kappa shape index (κ1) is 29.5. The predicted molar refractivity (Wildman–Crippen MR) is 117 cm³/mol. The third-order valence-electron chi connectivity index (χ3n) is 4.36. The average molecular weight is 475 g/mol. The summed E-state index contributed by atoms with van der Waals surface area (Å²) in [5.74, 6) is -5.39. The number of hydrogen-bond acceptors (Lipinski definition) is 8. The number of guanidine groups is 1. The molecule has 0 bridgehead atoms. The number of amides is 3. The van der Waals surface area contributed by atoms with Crippen LogP contribution in [0.2, 0.25) is 0 Å². The van der Waals surface area contributed by atoms with E-state index in [0.717, 1.165) is 0 Å². The molecule has 0 aromatic heterocycles. The summed E-state index contributed by atoms with van der Waals surface area (Å²) in [5.41, 5.74) is 16.2. The maximum atomic E-state index is 12.4. The quantitative estimate of drug-likeness (QED) is 0.0557. The molecule has 0 rings (SSSR count). The molecule has 0 spiro atoms. The van der Waals surface area contributed by atoms with Crippen LogP contribution in [0, 0.1) is 5.41 Å². The minimum atomic E-state index is -1.55. The molecule has 0 aliphatic rings. The van der Waals surface area contributed by atoms with E-state index in [9.17, 15) is 29.1 Å². The second-order valence-corrected chi connectivity index (χ2v) is 7.21. The number of carboxylic acid groups (broad SMARTS) is 2. The van der Waals surface area contributed by atoms with E-state index in [1.54, 1.807) is 0 Å². The van der Waals surface area contributed by atoms with Crippen LogP contribution < -0.4 is 38.5 Å². The number of hydrogen-bond donors (Lipinski definition) is 10. The van der Waals surface area contributed by atoms with Crippen molar-refractivity contribution >= 4 is 35.6 Å². The van der Waals surface area contributed by atoms with Crippen molar-refractivity contribution in [3.05, 3.63) is 0 Å². The van der Waals surface area contributed by atoms with Gasteiger partial charge in [-0.25, -0.2) is 4.79 Å². The summed E-state index contributed by atoms with van der Waals surface area (Å²) >= 11 is 0. The molecule has 0 fully saturated rings. The van der Waals surface area contributed by atoms with Crippen LogP contribution >= 0.6 is 0 Å². The molecule has 0 aliphatic carbocycles. The molecular weight excluding hydrogens is 440 g/mol. The fraction of sp³-hybridized carbons (Fsp3) is 0.667. The first-order valence-electron chi connectivity index (χ1n) is 10.3. The van der Waals surface area contributed by atoms with Crippen LogP contribution in [0.3, 0.4) is 0 Å². The molecule has 0 aromatic carbocycles. The smallest absolute Gasteiger partial charge is 0.326 e. The summed E-state index contributed by atoms with van der Waals surface area (Å²) in [6, 6.07) is -3.75. The predicted octanol–water partition coefficient (Wildman–Crippen LogP) is -3.65. The van der Waals surface area contributed by atoms with Gasteiger partial charge in [-0.1, -0.05) is 0 Å². The van der Waals surface area contributed by atoms with Gasteiger partial charge in [0.05, 0.1) is 19.0 Å². The van der Waals surface area contributed by atoms with Crippen molar-refractivity contribution in [2.45, 2.75) is 56.7 Å². The fourth-order valence-corrected chi connectivity index (χ4v) is 2.63. The maximum Gasteiger partial charge on any atom is 0.326 e. The Morgan fingerprint density at radius 2 is 1.55 bits per heavy atom. The number of carbonyl (C=O) groups excluding carboxylic acids is 3. The standard InChI is InChI=1S/C18H34N8O7/c19-6-2-1-5-11(17(32)33)26-16(31)12(8-14(28)29)25-13(27)9-24-15(30)10(20)4-3-7-23-18(21)22/h10-12H,1-9,19-20H2,(H,24,30)(H,25,27)(H,26,31)(H,28,29)(H,32,33)(H4,21,22,23)/t10-,11-,12-/m0/s1. The van der Waals surface area contributed by atoms with Gasteiger partial charge < -0.3 is 48.7 Å². The molecule has 0 aliphatic heterocycles. The summed E-state index contributed by atoms with van der Waals surface area (Å²) in [4.78, 5) is 58.9. The van der Waals surface area contributed by atoms with Gasteiger partial charge in [-0.2, -0.15) is 0 Å². The molecule has 15 heteroatoms. The number of carboxylic acids is 2. The highest BCUT2D eigenvalue weighted by Crippen LogP contribution is 2.03. The Morgan fingerprint density at radius 1 is 0.879 bits per heavy atom. The molecule has 33 heavy (non-hydrogen) atoms. The molecule has 0 saturated heterocycles. The SMILES string of the molecule is N=C(N)NCCC[C@H](N)C(=O)NCC(=O)N[C@@H](CC(=O)O)C(=O)N[C@@H](CCCCN)C(=O)O. The molecule has 15 nitrogen and oxygen atoms in total. The van der Waals surface area contributed by atoms with Crippen molar-refractivity contribution in [3.63, 3.8) is 0 Å². The zero-order valence-corrected chi connectivity index (χ0v) is 18.3. The van der Waals surface area contributed by atoms with Crippen molar-refractivity contribution in [3.8, 4) is 0 Å². The number of nitrogens with one attached hydrogen (secondary N) is 5.